The quantitative estimate of drug-likeness (QED) is 0.877. The fourth-order valence-electron chi connectivity index (χ4n) is 1.25. The monoisotopic (exact) mass is 237 g/mol. The normalized spacial score (nSPS) is 12.1. The first kappa shape index (κ1) is 12.5. The Morgan fingerprint density at radius 3 is 2.44 bits per heavy atom. The Kier molecular flexibility index (Phi) is 3.25. The van der Waals surface area contributed by atoms with Gasteiger partial charge in [0.25, 0.3) is 0 Å². The second-order valence-electron chi connectivity index (χ2n) is 3.73. The molecule has 1 heterocycles. The number of rotatable bonds is 3. The number of aromatic nitrogens is 1. The van der Waals surface area contributed by atoms with Gasteiger partial charge in [0.1, 0.15) is 5.56 Å². The van der Waals surface area contributed by atoms with Crippen LogP contribution in [-0.4, -0.2) is 16.2 Å². The minimum absolute atomic E-state index is 0.0212. The number of carboxylic acids is 1. The van der Waals surface area contributed by atoms with Crippen molar-refractivity contribution >= 4 is 5.97 Å². The number of nitrogens with zero attached hydrogens (tertiary/aromatic N) is 1. The number of aromatic carboxylic acids is 1. The van der Waals surface area contributed by atoms with Crippen molar-refractivity contribution in [1.82, 2.24) is 5.16 Å². The highest BCUT2D eigenvalue weighted by Gasteiger charge is 2.41. The SMILES string of the molecule is CC(C)Cc1onc(C(F)(F)F)c1C(=O)O. The zero-order valence-corrected chi connectivity index (χ0v) is 8.63. The van der Waals surface area contributed by atoms with Gasteiger partial charge in [-0.3, -0.25) is 0 Å². The molecule has 0 saturated heterocycles. The third-order valence-corrected chi connectivity index (χ3v) is 1.84. The minimum atomic E-state index is -4.81. The molecule has 0 aromatic carbocycles. The second-order valence-corrected chi connectivity index (χ2v) is 3.73. The fourth-order valence-corrected chi connectivity index (χ4v) is 1.25. The van der Waals surface area contributed by atoms with Gasteiger partial charge in [-0.1, -0.05) is 19.0 Å². The Morgan fingerprint density at radius 1 is 1.50 bits per heavy atom. The van der Waals surface area contributed by atoms with Gasteiger partial charge >= 0.3 is 12.1 Å². The maximum Gasteiger partial charge on any atom is 0.437 e. The van der Waals surface area contributed by atoms with Crippen LogP contribution >= 0.6 is 0 Å². The Bertz CT molecular complexity index is 395. The van der Waals surface area contributed by atoms with E-state index in [1.54, 1.807) is 13.8 Å². The van der Waals surface area contributed by atoms with E-state index >= 15 is 0 Å². The molecule has 0 radical (unpaired) electrons. The lowest BCUT2D eigenvalue weighted by atomic mass is 10.0. The van der Waals surface area contributed by atoms with Gasteiger partial charge in [-0.05, 0) is 5.92 Å². The van der Waals surface area contributed by atoms with Crippen molar-refractivity contribution in [2.75, 3.05) is 0 Å². The number of hydrogen-bond donors (Lipinski definition) is 1. The van der Waals surface area contributed by atoms with Crippen LogP contribution in [-0.2, 0) is 12.6 Å². The van der Waals surface area contributed by atoms with Gasteiger partial charge in [-0.15, -0.1) is 0 Å². The molecule has 1 aromatic heterocycles. The van der Waals surface area contributed by atoms with Crippen LogP contribution in [0.25, 0.3) is 0 Å². The summed E-state index contributed by atoms with van der Waals surface area (Å²) in [5, 5.41) is 11.5. The third-order valence-electron chi connectivity index (χ3n) is 1.84. The summed E-state index contributed by atoms with van der Waals surface area (Å²) in [6.45, 7) is 3.48. The van der Waals surface area contributed by atoms with Crippen LogP contribution in [0.15, 0.2) is 4.52 Å². The van der Waals surface area contributed by atoms with E-state index in [1.165, 1.54) is 0 Å². The molecule has 1 aromatic rings. The molecule has 90 valence electrons. The molecule has 0 unspecified atom stereocenters. The van der Waals surface area contributed by atoms with Gasteiger partial charge in [0.05, 0.1) is 0 Å². The van der Waals surface area contributed by atoms with Crippen LogP contribution < -0.4 is 0 Å². The first-order valence-corrected chi connectivity index (χ1v) is 4.52. The molecular formula is C9H10F3NO3. The van der Waals surface area contributed by atoms with E-state index in [0.29, 0.717) is 0 Å². The average molecular weight is 237 g/mol. The van der Waals surface area contributed by atoms with Gasteiger partial charge in [-0.25, -0.2) is 4.79 Å². The Balaban J connectivity index is 3.23. The maximum absolute atomic E-state index is 12.4. The lowest BCUT2D eigenvalue weighted by Gasteiger charge is -2.04. The van der Waals surface area contributed by atoms with Crippen LogP contribution in [0.2, 0.25) is 0 Å². The van der Waals surface area contributed by atoms with E-state index in [1.807, 2.05) is 0 Å². The fraction of sp³-hybridized carbons (Fsp3) is 0.556. The van der Waals surface area contributed by atoms with E-state index < -0.39 is 23.4 Å². The van der Waals surface area contributed by atoms with Crippen molar-refractivity contribution in [3.8, 4) is 0 Å². The lowest BCUT2D eigenvalue weighted by Crippen LogP contribution is -2.13. The predicted molar refractivity (Wildman–Crippen MR) is 47.0 cm³/mol. The third kappa shape index (κ3) is 2.53. The standard InChI is InChI=1S/C9H10F3NO3/c1-4(2)3-5-6(8(14)15)7(13-16-5)9(10,11)12/h4H,3H2,1-2H3,(H,14,15). The Labute approximate surface area is 89.0 Å². The lowest BCUT2D eigenvalue weighted by molar-refractivity contribution is -0.143. The number of hydrogen-bond acceptors (Lipinski definition) is 3. The summed E-state index contributed by atoms with van der Waals surface area (Å²) in [6.07, 6.45) is -4.71. The van der Waals surface area contributed by atoms with E-state index in [4.69, 9.17) is 5.11 Å². The van der Waals surface area contributed by atoms with Gasteiger partial charge in [-0.2, -0.15) is 13.2 Å². The molecule has 16 heavy (non-hydrogen) atoms. The van der Waals surface area contributed by atoms with Crippen molar-refractivity contribution in [2.24, 2.45) is 5.92 Å². The van der Waals surface area contributed by atoms with E-state index in [2.05, 4.69) is 9.68 Å². The summed E-state index contributed by atoms with van der Waals surface area (Å²) < 4.78 is 41.6. The highest BCUT2D eigenvalue weighted by atomic mass is 19.4. The van der Waals surface area contributed by atoms with Gasteiger partial charge in [0, 0.05) is 6.42 Å². The summed E-state index contributed by atoms with van der Waals surface area (Å²) in [7, 11) is 0. The van der Waals surface area contributed by atoms with E-state index in [-0.39, 0.29) is 18.1 Å². The molecule has 4 nitrogen and oxygen atoms in total. The summed E-state index contributed by atoms with van der Waals surface area (Å²) in [4.78, 5) is 10.7. The maximum atomic E-state index is 12.4. The number of carboxylic acid groups (broad SMARTS) is 1. The molecule has 7 heteroatoms. The van der Waals surface area contributed by atoms with Gasteiger partial charge in [0.15, 0.2) is 5.76 Å². The van der Waals surface area contributed by atoms with E-state index in [9.17, 15) is 18.0 Å². The number of alkyl halides is 3. The highest BCUT2D eigenvalue weighted by molar-refractivity contribution is 5.90. The van der Waals surface area contributed by atoms with Crippen molar-refractivity contribution < 1.29 is 27.6 Å². The van der Waals surface area contributed by atoms with Gasteiger partial charge in [0.2, 0.25) is 5.69 Å². The van der Waals surface area contributed by atoms with Crippen molar-refractivity contribution in [1.29, 1.82) is 0 Å². The zero-order chi connectivity index (χ0) is 12.5. The average Bonchev–Trinajstić information content (AvgIpc) is 2.45. The second kappa shape index (κ2) is 4.15. The molecule has 0 aliphatic rings. The molecule has 0 spiro atoms. The zero-order valence-electron chi connectivity index (χ0n) is 8.63. The Morgan fingerprint density at radius 2 is 2.06 bits per heavy atom. The van der Waals surface area contributed by atoms with Crippen molar-refractivity contribution in [3.63, 3.8) is 0 Å². The Hall–Kier alpha value is -1.53. The predicted octanol–water partition coefficient (Wildman–Crippen LogP) is 2.59. The summed E-state index contributed by atoms with van der Waals surface area (Å²) >= 11 is 0. The van der Waals surface area contributed by atoms with Crippen LogP contribution in [0, 0.1) is 5.92 Å². The first-order valence-electron chi connectivity index (χ1n) is 4.52. The molecule has 0 amide bonds. The molecule has 0 fully saturated rings. The van der Waals surface area contributed by atoms with Crippen molar-refractivity contribution in [2.45, 2.75) is 26.4 Å². The first-order chi connectivity index (χ1) is 7.23. The molecule has 0 atom stereocenters. The molecule has 0 saturated carbocycles. The molecule has 0 aliphatic heterocycles. The number of halogens is 3. The smallest absolute Gasteiger partial charge is 0.437 e. The highest BCUT2D eigenvalue weighted by Crippen LogP contribution is 2.33. The van der Waals surface area contributed by atoms with Crippen LogP contribution in [0.1, 0.15) is 35.7 Å². The van der Waals surface area contributed by atoms with Gasteiger partial charge < -0.3 is 9.63 Å². The molecule has 0 bridgehead atoms. The van der Waals surface area contributed by atoms with Crippen LogP contribution in [0.4, 0.5) is 13.2 Å². The molecule has 0 aliphatic carbocycles. The van der Waals surface area contributed by atoms with Crippen LogP contribution in [0.3, 0.4) is 0 Å². The minimum Gasteiger partial charge on any atom is -0.477 e. The summed E-state index contributed by atoms with van der Waals surface area (Å²) in [6, 6.07) is 0. The molecule has 1 N–H and O–H groups in total. The number of carbonyl (C=O) groups is 1. The largest absolute Gasteiger partial charge is 0.477 e. The van der Waals surface area contributed by atoms with E-state index in [0.717, 1.165) is 0 Å². The van der Waals surface area contributed by atoms with Crippen LogP contribution in [0.5, 0.6) is 0 Å². The summed E-state index contributed by atoms with van der Waals surface area (Å²) in [5.41, 5.74) is -2.36. The molecular weight excluding hydrogens is 227 g/mol. The van der Waals surface area contributed by atoms with Crippen molar-refractivity contribution in [3.05, 3.63) is 17.0 Å². The molecule has 1 rings (SSSR count). The summed E-state index contributed by atoms with van der Waals surface area (Å²) in [5.74, 6) is -1.94. The topological polar surface area (TPSA) is 63.3 Å².